The fraction of sp³-hybridized carbons (Fsp3) is 0.500. The van der Waals surface area contributed by atoms with Gasteiger partial charge in [0, 0.05) is 30.5 Å². The first-order valence-electron chi connectivity index (χ1n) is 7.54. The van der Waals surface area contributed by atoms with E-state index in [-0.39, 0.29) is 0 Å². The van der Waals surface area contributed by atoms with Gasteiger partial charge in [0.2, 0.25) is 0 Å². The Balaban J connectivity index is 2.00. The van der Waals surface area contributed by atoms with Crippen LogP contribution >= 0.6 is 0 Å². The molecule has 0 radical (unpaired) electrons. The third-order valence-corrected chi connectivity index (χ3v) is 3.20. The molecule has 1 N–H and O–H groups in total. The zero-order chi connectivity index (χ0) is 15.1. The predicted octanol–water partition coefficient (Wildman–Crippen LogP) is 2.69. The first kappa shape index (κ1) is 15.5. The minimum Gasteiger partial charge on any atom is -0.487 e. The van der Waals surface area contributed by atoms with Crippen molar-refractivity contribution in [1.82, 2.24) is 20.1 Å². The fourth-order valence-electron chi connectivity index (χ4n) is 2.05. The summed E-state index contributed by atoms with van der Waals surface area (Å²) in [5.74, 6) is 0.841. The Labute approximate surface area is 126 Å². The van der Waals surface area contributed by atoms with E-state index in [0.29, 0.717) is 6.61 Å². The van der Waals surface area contributed by atoms with Crippen LogP contribution in [0.25, 0.3) is 0 Å². The SMILES string of the molecule is CCCNCc1nc(C)ccc1OCc1cnn(CC)c1. The Kier molecular flexibility index (Phi) is 5.75. The topological polar surface area (TPSA) is 52.0 Å². The Bertz CT molecular complexity index is 565. The smallest absolute Gasteiger partial charge is 0.142 e. The standard InChI is InChI=1S/C16H24N4O/c1-4-8-17-10-15-16(7-6-13(3)19-15)21-12-14-9-18-20(5-2)11-14/h6-7,9,11,17H,4-5,8,10,12H2,1-3H3. The minimum atomic E-state index is 0.519. The predicted molar refractivity (Wildman–Crippen MR) is 83.2 cm³/mol. The fourth-order valence-corrected chi connectivity index (χ4v) is 2.05. The molecule has 0 saturated carbocycles. The van der Waals surface area contributed by atoms with E-state index < -0.39 is 0 Å². The number of aromatic nitrogens is 3. The molecule has 2 aromatic rings. The molecule has 0 atom stereocenters. The van der Waals surface area contributed by atoms with Gasteiger partial charge >= 0.3 is 0 Å². The maximum Gasteiger partial charge on any atom is 0.142 e. The van der Waals surface area contributed by atoms with Crippen molar-refractivity contribution in [1.29, 1.82) is 0 Å². The van der Waals surface area contributed by atoms with Gasteiger partial charge in [-0.2, -0.15) is 5.10 Å². The summed E-state index contributed by atoms with van der Waals surface area (Å²) in [5.41, 5.74) is 3.05. The number of aryl methyl sites for hydroxylation is 2. The van der Waals surface area contributed by atoms with Crippen molar-refractivity contribution in [3.8, 4) is 5.75 Å². The molecule has 0 bridgehead atoms. The molecule has 5 nitrogen and oxygen atoms in total. The van der Waals surface area contributed by atoms with Gasteiger partial charge < -0.3 is 10.1 Å². The summed E-state index contributed by atoms with van der Waals surface area (Å²) in [4.78, 5) is 4.57. The van der Waals surface area contributed by atoms with Crippen LogP contribution in [0.15, 0.2) is 24.5 Å². The molecule has 114 valence electrons. The molecule has 0 aliphatic heterocycles. The molecule has 2 heterocycles. The molecule has 2 rings (SSSR count). The number of hydrogen-bond donors (Lipinski definition) is 1. The van der Waals surface area contributed by atoms with Gasteiger partial charge in [0.1, 0.15) is 12.4 Å². The normalized spacial score (nSPS) is 10.8. The zero-order valence-electron chi connectivity index (χ0n) is 13.1. The quantitative estimate of drug-likeness (QED) is 0.759. The minimum absolute atomic E-state index is 0.519. The van der Waals surface area contributed by atoms with E-state index in [1.54, 1.807) is 0 Å². The molecule has 0 amide bonds. The van der Waals surface area contributed by atoms with Crippen molar-refractivity contribution < 1.29 is 4.74 Å². The van der Waals surface area contributed by atoms with E-state index in [1.165, 1.54) is 0 Å². The van der Waals surface area contributed by atoms with Gasteiger partial charge in [-0.15, -0.1) is 0 Å². The van der Waals surface area contributed by atoms with Gasteiger partial charge in [-0.3, -0.25) is 9.67 Å². The van der Waals surface area contributed by atoms with E-state index in [4.69, 9.17) is 4.74 Å². The number of rotatable bonds is 8. The Morgan fingerprint density at radius 1 is 1.29 bits per heavy atom. The van der Waals surface area contributed by atoms with E-state index >= 15 is 0 Å². The molecule has 0 aromatic carbocycles. The largest absolute Gasteiger partial charge is 0.487 e. The third kappa shape index (κ3) is 4.56. The first-order chi connectivity index (χ1) is 10.2. The van der Waals surface area contributed by atoms with Gasteiger partial charge in [-0.1, -0.05) is 6.92 Å². The highest BCUT2D eigenvalue weighted by molar-refractivity contribution is 5.29. The Hall–Kier alpha value is -1.88. The summed E-state index contributed by atoms with van der Waals surface area (Å²) in [7, 11) is 0. The molecular weight excluding hydrogens is 264 g/mol. The van der Waals surface area contributed by atoms with Crippen LogP contribution in [0.2, 0.25) is 0 Å². The van der Waals surface area contributed by atoms with Crippen LogP contribution in [0, 0.1) is 6.92 Å². The number of hydrogen-bond acceptors (Lipinski definition) is 4. The molecule has 0 spiro atoms. The van der Waals surface area contributed by atoms with Crippen LogP contribution in [0.1, 0.15) is 37.2 Å². The molecule has 0 aliphatic carbocycles. The lowest BCUT2D eigenvalue weighted by atomic mass is 10.2. The summed E-state index contributed by atoms with van der Waals surface area (Å²) >= 11 is 0. The van der Waals surface area contributed by atoms with Gasteiger partial charge in [-0.25, -0.2) is 0 Å². The number of ether oxygens (including phenoxy) is 1. The third-order valence-electron chi connectivity index (χ3n) is 3.20. The number of pyridine rings is 1. The molecule has 2 aromatic heterocycles. The van der Waals surface area contributed by atoms with Crippen molar-refractivity contribution in [2.24, 2.45) is 0 Å². The molecule has 5 heteroatoms. The second kappa shape index (κ2) is 7.78. The van der Waals surface area contributed by atoms with E-state index in [9.17, 15) is 0 Å². The maximum absolute atomic E-state index is 5.91. The summed E-state index contributed by atoms with van der Waals surface area (Å²) in [6, 6.07) is 3.98. The highest BCUT2D eigenvalue weighted by Crippen LogP contribution is 2.18. The Morgan fingerprint density at radius 3 is 2.86 bits per heavy atom. The average Bonchev–Trinajstić information content (AvgIpc) is 2.95. The summed E-state index contributed by atoms with van der Waals surface area (Å²) < 4.78 is 7.81. The van der Waals surface area contributed by atoms with E-state index in [2.05, 4.69) is 29.2 Å². The van der Waals surface area contributed by atoms with Gasteiger partial charge in [0.25, 0.3) is 0 Å². The van der Waals surface area contributed by atoms with Gasteiger partial charge in [0.05, 0.1) is 11.9 Å². The number of nitrogens with zero attached hydrogens (tertiary/aromatic N) is 3. The van der Waals surface area contributed by atoms with Gasteiger partial charge in [0.15, 0.2) is 0 Å². The van der Waals surface area contributed by atoms with Crippen LogP contribution < -0.4 is 10.1 Å². The summed E-state index contributed by atoms with van der Waals surface area (Å²) in [5, 5.41) is 7.62. The zero-order valence-corrected chi connectivity index (χ0v) is 13.1. The molecule has 0 unspecified atom stereocenters. The summed E-state index contributed by atoms with van der Waals surface area (Å²) in [6.07, 6.45) is 4.97. The molecule has 0 aliphatic rings. The van der Waals surface area contributed by atoms with Crippen LogP contribution in [-0.2, 0) is 19.7 Å². The first-order valence-corrected chi connectivity index (χ1v) is 7.54. The lowest BCUT2D eigenvalue weighted by Gasteiger charge is -2.11. The maximum atomic E-state index is 5.91. The van der Waals surface area contributed by atoms with Crippen LogP contribution in [0.5, 0.6) is 5.75 Å². The second-order valence-corrected chi connectivity index (χ2v) is 5.07. The van der Waals surface area contributed by atoms with Crippen LogP contribution in [0.3, 0.4) is 0 Å². The lowest BCUT2D eigenvalue weighted by Crippen LogP contribution is -2.16. The highest BCUT2D eigenvalue weighted by Gasteiger charge is 2.07. The van der Waals surface area contributed by atoms with Crippen molar-refractivity contribution in [2.45, 2.75) is 46.9 Å². The summed E-state index contributed by atoms with van der Waals surface area (Å²) in [6.45, 7) is 9.33. The van der Waals surface area contributed by atoms with Crippen molar-refractivity contribution >= 4 is 0 Å². The second-order valence-electron chi connectivity index (χ2n) is 5.07. The van der Waals surface area contributed by atoms with Crippen molar-refractivity contribution in [3.63, 3.8) is 0 Å². The van der Waals surface area contributed by atoms with Crippen LogP contribution in [0.4, 0.5) is 0 Å². The number of nitrogens with one attached hydrogen (secondary N) is 1. The lowest BCUT2D eigenvalue weighted by molar-refractivity contribution is 0.300. The van der Waals surface area contributed by atoms with Gasteiger partial charge in [-0.05, 0) is 38.9 Å². The molecule has 0 fully saturated rings. The van der Waals surface area contributed by atoms with Crippen molar-refractivity contribution in [2.75, 3.05) is 6.54 Å². The monoisotopic (exact) mass is 288 g/mol. The molecular formula is C16H24N4O. The Morgan fingerprint density at radius 2 is 2.14 bits per heavy atom. The average molecular weight is 288 g/mol. The molecule has 21 heavy (non-hydrogen) atoms. The highest BCUT2D eigenvalue weighted by atomic mass is 16.5. The van der Waals surface area contributed by atoms with E-state index in [0.717, 1.165) is 48.8 Å². The molecule has 0 saturated heterocycles. The van der Waals surface area contributed by atoms with E-state index in [1.807, 2.05) is 36.1 Å². The van der Waals surface area contributed by atoms with Crippen LogP contribution in [-0.4, -0.2) is 21.3 Å². The van der Waals surface area contributed by atoms with Crippen molar-refractivity contribution in [3.05, 3.63) is 41.5 Å².